The van der Waals surface area contributed by atoms with Gasteiger partial charge in [-0.15, -0.1) is 11.3 Å². The topological polar surface area (TPSA) is 87.2 Å². The smallest absolute Gasteiger partial charge is 0.308 e. The standard InChI is InChI=1S/C25H20FNO4S2/c1-16(21-14-27-23-5-3-2-4-20(21)23)22(25(28)29)15-33(30,31)24-13-12-19(32-24)11-8-17-6-9-18(26)10-7-17/h2-7,9-10,12-14,16,22,27H,15H2,1H3,(H,28,29)/t16-,22+/m0/s1. The molecule has 33 heavy (non-hydrogen) atoms. The molecule has 2 N–H and O–H groups in total. The second-order valence-corrected chi connectivity index (χ2v) is 11.0. The van der Waals surface area contributed by atoms with Crippen LogP contribution in [0.4, 0.5) is 4.39 Å². The highest BCUT2D eigenvalue weighted by molar-refractivity contribution is 7.93. The lowest BCUT2D eigenvalue weighted by atomic mass is 9.88. The number of hydrogen-bond donors (Lipinski definition) is 2. The number of halogens is 1. The molecule has 0 aliphatic heterocycles. The molecule has 0 saturated carbocycles. The van der Waals surface area contributed by atoms with E-state index in [1.54, 1.807) is 19.2 Å². The van der Waals surface area contributed by atoms with Gasteiger partial charge in [0.05, 0.1) is 16.5 Å². The van der Waals surface area contributed by atoms with E-state index >= 15 is 0 Å². The van der Waals surface area contributed by atoms with Gasteiger partial charge in [0.15, 0.2) is 9.84 Å². The van der Waals surface area contributed by atoms with Gasteiger partial charge in [-0.3, -0.25) is 4.79 Å². The van der Waals surface area contributed by atoms with E-state index in [0.29, 0.717) is 10.4 Å². The molecule has 0 amide bonds. The third-order valence-corrected chi connectivity index (χ3v) is 8.85. The van der Waals surface area contributed by atoms with E-state index in [2.05, 4.69) is 16.8 Å². The van der Waals surface area contributed by atoms with Crippen molar-refractivity contribution >= 4 is 38.0 Å². The first kappa shape index (κ1) is 22.8. The number of H-pyrrole nitrogens is 1. The Labute approximate surface area is 194 Å². The molecule has 0 aliphatic carbocycles. The van der Waals surface area contributed by atoms with Crippen molar-refractivity contribution in [1.29, 1.82) is 0 Å². The maximum absolute atomic E-state index is 13.1. The fourth-order valence-corrected chi connectivity index (χ4v) is 6.57. The molecule has 0 aliphatic rings. The number of hydrogen-bond acceptors (Lipinski definition) is 4. The van der Waals surface area contributed by atoms with Gasteiger partial charge in [0.2, 0.25) is 0 Å². The lowest BCUT2D eigenvalue weighted by Gasteiger charge is -2.19. The zero-order chi connectivity index (χ0) is 23.6. The second kappa shape index (κ2) is 9.22. The Kier molecular flexibility index (Phi) is 6.36. The van der Waals surface area contributed by atoms with Crippen molar-refractivity contribution in [3.8, 4) is 11.8 Å². The van der Waals surface area contributed by atoms with Gasteiger partial charge in [-0.05, 0) is 53.9 Å². The van der Waals surface area contributed by atoms with E-state index in [9.17, 15) is 22.7 Å². The van der Waals surface area contributed by atoms with Crippen LogP contribution in [0.15, 0.2) is 71.1 Å². The van der Waals surface area contributed by atoms with Crippen molar-refractivity contribution < 1.29 is 22.7 Å². The van der Waals surface area contributed by atoms with Crippen molar-refractivity contribution in [2.24, 2.45) is 5.92 Å². The average molecular weight is 482 g/mol. The van der Waals surface area contributed by atoms with Gasteiger partial charge in [0.25, 0.3) is 0 Å². The zero-order valence-electron chi connectivity index (χ0n) is 17.6. The first-order valence-electron chi connectivity index (χ1n) is 10.1. The molecule has 2 atom stereocenters. The van der Waals surface area contributed by atoms with Crippen LogP contribution in [0.3, 0.4) is 0 Å². The van der Waals surface area contributed by atoms with E-state index in [1.807, 2.05) is 24.3 Å². The number of aromatic amines is 1. The van der Waals surface area contributed by atoms with Crippen molar-refractivity contribution in [3.63, 3.8) is 0 Å². The summed E-state index contributed by atoms with van der Waals surface area (Å²) in [4.78, 5) is 15.7. The molecule has 0 saturated heterocycles. The maximum atomic E-state index is 13.1. The van der Waals surface area contributed by atoms with Gasteiger partial charge in [-0.2, -0.15) is 0 Å². The van der Waals surface area contributed by atoms with E-state index < -0.39 is 33.4 Å². The van der Waals surface area contributed by atoms with Gasteiger partial charge in [-0.1, -0.05) is 37.0 Å². The zero-order valence-corrected chi connectivity index (χ0v) is 19.2. The van der Waals surface area contributed by atoms with Crippen LogP contribution in [0.5, 0.6) is 0 Å². The summed E-state index contributed by atoms with van der Waals surface area (Å²) < 4.78 is 39.2. The van der Waals surface area contributed by atoms with E-state index in [0.717, 1.165) is 27.8 Å². The molecule has 0 spiro atoms. The van der Waals surface area contributed by atoms with Crippen LogP contribution >= 0.6 is 11.3 Å². The number of carbonyl (C=O) groups is 1. The number of nitrogens with one attached hydrogen (secondary N) is 1. The Morgan fingerprint density at radius 3 is 2.55 bits per heavy atom. The van der Waals surface area contributed by atoms with Crippen LogP contribution in [0, 0.1) is 23.6 Å². The molecule has 0 unspecified atom stereocenters. The Balaban J connectivity index is 1.56. The normalized spacial score (nSPS) is 13.3. The summed E-state index contributed by atoms with van der Waals surface area (Å²) >= 11 is 0.993. The number of aliphatic carboxylic acids is 1. The highest BCUT2D eigenvalue weighted by Gasteiger charge is 2.33. The second-order valence-electron chi connectivity index (χ2n) is 7.68. The summed E-state index contributed by atoms with van der Waals surface area (Å²) in [6.07, 6.45) is 1.74. The molecule has 4 aromatic rings. The summed E-state index contributed by atoms with van der Waals surface area (Å²) in [5.41, 5.74) is 2.24. The number of fused-ring (bicyclic) bond motifs is 1. The minimum Gasteiger partial charge on any atom is -0.481 e. The summed E-state index contributed by atoms with van der Waals surface area (Å²) in [5, 5.41) is 10.7. The third-order valence-electron chi connectivity index (χ3n) is 5.49. The number of carboxylic acids is 1. The van der Waals surface area contributed by atoms with E-state index in [-0.39, 0.29) is 10.0 Å². The summed E-state index contributed by atoms with van der Waals surface area (Å²) in [5.74, 6) is 2.06. The Bertz CT molecular complexity index is 1470. The van der Waals surface area contributed by atoms with Gasteiger partial charge >= 0.3 is 5.97 Å². The van der Waals surface area contributed by atoms with Gasteiger partial charge in [0.1, 0.15) is 10.0 Å². The molecule has 8 heteroatoms. The van der Waals surface area contributed by atoms with Crippen LogP contribution < -0.4 is 0 Å². The van der Waals surface area contributed by atoms with Crippen molar-refractivity contribution in [1.82, 2.24) is 4.98 Å². The maximum Gasteiger partial charge on any atom is 0.308 e. The van der Waals surface area contributed by atoms with Crippen LogP contribution in [0.25, 0.3) is 10.9 Å². The van der Waals surface area contributed by atoms with E-state index in [4.69, 9.17) is 0 Å². The third kappa shape index (κ3) is 5.00. The molecule has 0 bridgehead atoms. The number of rotatable bonds is 6. The largest absolute Gasteiger partial charge is 0.481 e. The van der Waals surface area contributed by atoms with Gasteiger partial charge in [-0.25, -0.2) is 12.8 Å². The Morgan fingerprint density at radius 2 is 1.82 bits per heavy atom. The molecule has 5 nitrogen and oxygen atoms in total. The Hall–Kier alpha value is -3.41. The number of sulfone groups is 1. The highest BCUT2D eigenvalue weighted by Crippen LogP contribution is 2.33. The molecule has 0 radical (unpaired) electrons. The first-order chi connectivity index (χ1) is 15.7. The summed E-state index contributed by atoms with van der Waals surface area (Å²) in [6, 6.07) is 16.2. The summed E-state index contributed by atoms with van der Waals surface area (Å²) in [6.45, 7) is 1.73. The quantitative estimate of drug-likeness (QED) is 0.378. The minimum atomic E-state index is -3.85. The molecule has 0 fully saturated rings. The molecule has 2 aromatic heterocycles. The molecule has 2 aromatic carbocycles. The lowest BCUT2D eigenvalue weighted by Crippen LogP contribution is -2.28. The van der Waals surface area contributed by atoms with E-state index in [1.165, 1.54) is 30.3 Å². The van der Waals surface area contributed by atoms with Crippen LogP contribution in [0.1, 0.15) is 28.8 Å². The lowest BCUT2D eigenvalue weighted by molar-refractivity contribution is -0.141. The first-order valence-corrected chi connectivity index (χ1v) is 12.6. The molecule has 168 valence electrons. The highest BCUT2D eigenvalue weighted by atomic mass is 32.2. The van der Waals surface area contributed by atoms with Crippen LogP contribution in [-0.4, -0.2) is 30.2 Å². The fraction of sp³-hybridized carbons (Fsp3) is 0.160. The molecular weight excluding hydrogens is 461 g/mol. The number of aromatic nitrogens is 1. The van der Waals surface area contributed by atoms with Crippen molar-refractivity contribution in [2.45, 2.75) is 17.1 Å². The molecular formula is C25H20FNO4S2. The predicted molar refractivity (Wildman–Crippen MR) is 127 cm³/mol. The van der Waals surface area contributed by atoms with Gasteiger partial charge < -0.3 is 10.1 Å². The van der Waals surface area contributed by atoms with Crippen LogP contribution in [-0.2, 0) is 14.6 Å². The molecule has 2 heterocycles. The summed E-state index contributed by atoms with van der Waals surface area (Å²) in [7, 11) is -3.85. The molecule has 4 rings (SSSR count). The SMILES string of the molecule is C[C@@H](c1c[nH]c2ccccc12)[C@@H](CS(=O)(=O)c1ccc(C#Cc2ccc(F)cc2)s1)C(=O)O. The number of benzene rings is 2. The number of carboxylic acid groups (broad SMARTS) is 1. The van der Waals surface area contributed by atoms with Crippen molar-refractivity contribution in [3.05, 3.63) is 88.7 Å². The monoisotopic (exact) mass is 481 g/mol. The fourth-order valence-electron chi connectivity index (χ4n) is 3.66. The average Bonchev–Trinajstić information content (AvgIpc) is 3.44. The Morgan fingerprint density at radius 1 is 1.09 bits per heavy atom. The number of para-hydroxylation sites is 1. The predicted octanol–water partition coefficient (Wildman–Crippen LogP) is 5.05. The van der Waals surface area contributed by atoms with Crippen LogP contribution in [0.2, 0.25) is 0 Å². The van der Waals surface area contributed by atoms with Crippen molar-refractivity contribution in [2.75, 3.05) is 5.75 Å². The minimum absolute atomic E-state index is 0.0725. The number of thiophene rings is 1. The van der Waals surface area contributed by atoms with Gasteiger partial charge in [0, 0.05) is 22.7 Å².